The highest BCUT2D eigenvalue weighted by atomic mass is 16.3. The zero-order valence-corrected chi connectivity index (χ0v) is 16.9. The lowest BCUT2D eigenvalue weighted by Gasteiger charge is -2.24. The van der Waals surface area contributed by atoms with Crippen molar-refractivity contribution < 1.29 is 24.9 Å². The molecule has 2 rings (SSSR count). The molecular weight excluding hydrogens is 374 g/mol. The SMILES string of the molecule is CCN(Cc1ccccn1)C(=O)[C@H](O)[C@H](C)O.C[C@@H](NC=O)c1cccc(O)c1. The number of nitrogens with one attached hydrogen (secondary N) is 1. The summed E-state index contributed by atoms with van der Waals surface area (Å²) in [6.45, 7) is 5.84. The van der Waals surface area contributed by atoms with E-state index in [4.69, 9.17) is 5.11 Å². The molecule has 29 heavy (non-hydrogen) atoms. The predicted molar refractivity (Wildman–Crippen MR) is 109 cm³/mol. The number of carbonyl (C=O) groups excluding carboxylic acids is 2. The normalized spacial score (nSPS) is 13.3. The summed E-state index contributed by atoms with van der Waals surface area (Å²) in [5.41, 5.74) is 1.64. The van der Waals surface area contributed by atoms with Crippen molar-refractivity contribution in [3.8, 4) is 5.75 Å². The van der Waals surface area contributed by atoms with Crippen molar-refractivity contribution in [1.82, 2.24) is 15.2 Å². The van der Waals surface area contributed by atoms with Gasteiger partial charge in [-0.15, -0.1) is 0 Å². The summed E-state index contributed by atoms with van der Waals surface area (Å²) in [5, 5.41) is 30.4. The van der Waals surface area contributed by atoms with Crippen LogP contribution >= 0.6 is 0 Å². The summed E-state index contributed by atoms with van der Waals surface area (Å²) < 4.78 is 0. The maximum Gasteiger partial charge on any atom is 0.254 e. The quantitative estimate of drug-likeness (QED) is 0.494. The lowest BCUT2D eigenvalue weighted by molar-refractivity contribution is -0.145. The maximum absolute atomic E-state index is 11.8. The van der Waals surface area contributed by atoms with Crippen molar-refractivity contribution >= 4 is 12.3 Å². The average Bonchev–Trinajstić information content (AvgIpc) is 2.72. The maximum atomic E-state index is 11.8. The highest BCUT2D eigenvalue weighted by molar-refractivity contribution is 5.81. The minimum Gasteiger partial charge on any atom is -0.508 e. The molecular formula is C21H29N3O5. The molecule has 0 saturated carbocycles. The van der Waals surface area contributed by atoms with Crippen LogP contribution in [0.3, 0.4) is 0 Å². The van der Waals surface area contributed by atoms with E-state index in [2.05, 4.69) is 10.3 Å². The first-order chi connectivity index (χ1) is 13.8. The standard InChI is InChI=1S/C12H18N2O3.C9H11NO2/c1-3-14(12(17)11(16)9(2)15)8-10-6-4-5-7-13-10;1-7(10-6-11)8-3-2-4-9(12)5-8/h4-7,9,11,15-16H,3,8H2,1-2H3;2-7,12H,1H3,(H,10,11)/t9-,11+;7-/m01/s1. The molecule has 3 atom stereocenters. The molecule has 2 aromatic rings. The van der Waals surface area contributed by atoms with Crippen LogP contribution in [0.1, 0.15) is 38.1 Å². The van der Waals surface area contributed by atoms with Crippen molar-refractivity contribution in [3.05, 3.63) is 59.9 Å². The third-order valence-corrected chi connectivity index (χ3v) is 4.17. The number of phenolic OH excluding ortho intramolecular Hbond substituents is 1. The topological polar surface area (TPSA) is 123 Å². The van der Waals surface area contributed by atoms with Gasteiger partial charge in [-0.1, -0.05) is 18.2 Å². The van der Waals surface area contributed by atoms with Gasteiger partial charge in [0.15, 0.2) is 6.10 Å². The third-order valence-electron chi connectivity index (χ3n) is 4.17. The number of aromatic hydroxyl groups is 1. The fraction of sp³-hybridized carbons (Fsp3) is 0.381. The minimum absolute atomic E-state index is 0.0606. The zero-order chi connectivity index (χ0) is 21.8. The molecule has 8 heteroatoms. The summed E-state index contributed by atoms with van der Waals surface area (Å²) in [4.78, 5) is 27.5. The molecule has 4 N–H and O–H groups in total. The molecule has 0 spiro atoms. The van der Waals surface area contributed by atoms with Crippen molar-refractivity contribution in [3.63, 3.8) is 0 Å². The molecule has 1 aromatic heterocycles. The third kappa shape index (κ3) is 8.28. The van der Waals surface area contributed by atoms with Crippen LogP contribution in [0.25, 0.3) is 0 Å². The van der Waals surface area contributed by atoms with E-state index in [-0.39, 0.29) is 11.8 Å². The molecule has 0 saturated heterocycles. The van der Waals surface area contributed by atoms with E-state index in [0.717, 1.165) is 11.3 Å². The van der Waals surface area contributed by atoms with Gasteiger partial charge in [-0.3, -0.25) is 14.6 Å². The van der Waals surface area contributed by atoms with Crippen LogP contribution in [0.5, 0.6) is 5.75 Å². The summed E-state index contributed by atoms with van der Waals surface area (Å²) in [7, 11) is 0. The second kappa shape index (κ2) is 12.5. The number of pyridine rings is 1. The van der Waals surface area contributed by atoms with Gasteiger partial charge in [0.25, 0.3) is 5.91 Å². The monoisotopic (exact) mass is 403 g/mol. The Labute approximate surface area is 170 Å². The van der Waals surface area contributed by atoms with Gasteiger partial charge >= 0.3 is 0 Å². The Hall–Kier alpha value is -2.97. The van der Waals surface area contributed by atoms with Gasteiger partial charge in [0.1, 0.15) is 5.75 Å². The molecule has 0 fully saturated rings. The first kappa shape index (κ1) is 24.1. The Balaban J connectivity index is 0.000000308. The number of aliphatic hydroxyl groups excluding tert-OH is 2. The minimum atomic E-state index is -1.38. The number of phenols is 1. The van der Waals surface area contributed by atoms with Crippen LogP contribution < -0.4 is 5.32 Å². The second-order valence-electron chi connectivity index (χ2n) is 6.46. The molecule has 2 amide bonds. The number of hydrogen-bond donors (Lipinski definition) is 4. The Morgan fingerprint density at radius 2 is 1.93 bits per heavy atom. The molecule has 1 aromatic carbocycles. The van der Waals surface area contributed by atoms with E-state index in [0.29, 0.717) is 19.5 Å². The Morgan fingerprint density at radius 3 is 2.45 bits per heavy atom. The van der Waals surface area contributed by atoms with Gasteiger partial charge in [0.05, 0.1) is 24.4 Å². The predicted octanol–water partition coefficient (Wildman–Crippen LogP) is 1.37. The Bertz CT molecular complexity index is 755. The molecule has 158 valence electrons. The summed E-state index contributed by atoms with van der Waals surface area (Å²) in [6.07, 6.45) is -0.146. The highest BCUT2D eigenvalue weighted by Gasteiger charge is 2.25. The number of rotatable bonds is 8. The molecule has 0 radical (unpaired) electrons. The summed E-state index contributed by atoms with van der Waals surface area (Å²) in [5.74, 6) is -0.264. The second-order valence-corrected chi connectivity index (χ2v) is 6.46. The van der Waals surface area contributed by atoms with Gasteiger partial charge in [0, 0.05) is 12.7 Å². The van der Waals surface area contributed by atoms with Gasteiger partial charge < -0.3 is 25.5 Å². The van der Waals surface area contributed by atoms with Gasteiger partial charge in [-0.25, -0.2) is 0 Å². The zero-order valence-electron chi connectivity index (χ0n) is 16.9. The number of carbonyl (C=O) groups is 2. The van der Waals surface area contributed by atoms with E-state index < -0.39 is 18.1 Å². The van der Waals surface area contributed by atoms with E-state index in [1.54, 1.807) is 30.5 Å². The number of hydrogen-bond acceptors (Lipinski definition) is 6. The average molecular weight is 403 g/mol. The smallest absolute Gasteiger partial charge is 0.254 e. The lowest BCUT2D eigenvalue weighted by atomic mass is 10.1. The fourth-order valence-corrected chi connectivity index (χ4v) is 2.42. The first-order valence-corrected chi connectivity index (χ1v) is 9.33. The number of aromatic nitrogens is 1. The molecule has 0 aliphatic carbocycles. The molecule has 0 bridgehead atoms. The van der Waals surface area contributed by atoms with Crippen molar-refractivity contribution in [2.24, 2.45) is 0 Å². The van der Waals surface area contributed by atoms with Crippen molar-refractivity contribution in [2.75, 3.05) is 6.54 Å². The molecule has 0 aliphatic heterocycles. The Morgan fingerprint density at radius 1 is 1.21 bits per heavy atom. The van der Waals surface area contributed by atoms with E-state index in [1.165, 1.54) is 11.8 Å². The van der Waals surface area contributed by atoms with Crippen LogP contribution in [0.4, 0.5) is 0 Å². The number of nitrogens with zero attached hydrogens (tertiary/aromatic N) is 2. The number of benzene rings is 1. The number of amides is 2. The van der Waals surface area contributed by atoms with Gasteiger partial charge in [-0.2, -0.15) is 0 Å². The largest absolute Gasteiger partial charge is 0.508 e. The Kier molecular flexibility index (Phi) is 10.4. The van der Waals surface area contributed by atoms with Gasteiger partial charge in [-0.05, 0) is 50.6 Å². The number of likely N-dealkylation sites (N-methyl/N-ethyl adjacent to an activating group) is 1. The summed E-state index contributed by atoms with van der Waals surface area (Å²) in [6, 6.07) is 12.2. The number of aliphatic hydroxyl groups is 2. The van der Waals surface area contributed by atoms with E-state index >= 15 is 0 Å². The fourth-order valence-electron chi connectivity index (χ4n) is 2.42. The molecule has 1 heterocycles. The van der Waals surface area contributed by atoms with Crippen molar-refractivity contribution in [2.45, 2.75) is 45.6 Å². The van der Waals surface area contributed by atoms with E-state index in [1.807, 2.05) is 32.0 Å². The van der Waals surface area contributed by atoms with Crippen LogP contribution in [0, 0.1) is 0 Å². The summed E-state index contributed by atoms with van der Waals surface area (Å²) >= 11 is 0. The first-order valence-electron chi connectivity index (χ1n) is 9.33. The lowest BCUT2D eigenvalue weighted by Crippen LogP contribution is -2.43. The molecule has 8 nitrogen and oxygen atoms in total. The van der Waals surface area contributed by atoms with Crippen molar-refractivity contribution in [1.29, 1.82) is 0 Å². The van der Waals surface area contributed by atoms with Gasteiger partial charge in [0.2, 0.25) is 6.41 Å². The van der Waals surface area contributed by atoms with Crippen LogP contribution in [-0.4, -0.2) is 56.3 Å². The van der Waals surface area contributed by atoms with Crippen LogP contribution in [0.15, 0.2) is 48.7 Å². The highest BCUT2D eigenvalue weighted by Crippen LogP contribution is 2.16. The molecule has 0 aliphatic rings. The van der Waals surface area contributed by atoms with E-state index in [9.17, 15) is 19.8 Å². The van der Waals surface area contributed by atoms with Crippen LogP contribution in [0.2, 0.25) is 0 Å². The molecule has 0 unspecified atom stereocenters. The van der Waals surface area contributed by atoms with Crippen LogP contribution in [-0.2, 0) is 16.1 Å².